The molecule has 1 saturated heterocycles. The molecule has 0 atom stereocenters. The molecule has 0 unspecified atom stereocenters. The quantitative estimate of drug-likeness (QED) is 0.638. The highest BCUT2D eigenvalue weighted by atomic mass is 35.5. The van der Waals surface area contributed by atoms with Crippen LogP contribution in [0.15, 0.2) is 30.6 Å². The maximum atomic E-state index is 11.4. The molecule has 10 heteroatoms. The summed E-state index contributed by atoms with van der Waals surface area (Å²) in [5.41, 5.74) is 0.317. The first kappa shape index (κ1) is 15.9. The largest absolute Gasteiger partial charge is 0.353 e. The normalized spacial score (nSPS) is 14.2. The van der Waals surface area contributed by atoms with Crippen molar-refractivity contribution in [1.29, 1.82) is 0 Å². The van der Waals surface area contributed by atoms with Crippen molar-refractivity contribution in [2.75, 3.05) is 29.9 Å². The predicted octanol–water partition coefficient (Wildman–Crippen LogP) is 1.72. The molecule has 0 saturated carbocycles. The minimum absolute atomic E-state index is 0.0498. The maximum absolute atomic E-state index is 11.4. The Morgan fingerprint density at radius 1 is 1.33 bits per heavy atom. The van der Waals surface area contributed by atoms with Gasteiger partial charge in [-0.3, -0.25) is 14.9 Å². The van der Waals surface area contributed by atoms with E-state index in [2.05, 4.69) is 20.6 Å². The van der Waals surface area contributed by atoms with Crippen LogP contribution >= 0.6 is 11.6 Å². The second kappa shape index (κ2) is 6.67. The number of nitrogens with zero attached hydrogens (tertiary/aromatic N) is 4. The number of pyridine rings is 2. The topological polar surface area (TPSA) is 113 Å². The molecule has 0 radical (unpaired) electrons. The minimum atomic E-state index is -0.560. The Kier molecular flexibility index (Phi) is 4.43. The third-order valence-electron chi connectivity index (χ3n) is 3.40. The van der Waals surface area contributed by atoms with Crippen molar-refractivity contribution < 1.29 is 9.72 Å². The number of halogens is 1. The summed E-state index contributed by atoms with van der Waals surface area (Å²) in [5.74, 6) is 0.691. The molecule has 24 heavy (non-hydrogen) atoms. The second-order valence-electron chi connectivity index (χ2n) is 5.08. The van der Waals surface area contributed by atoms with E-state index in [1.54, 1.807) is 12.1 Å². The molecule has 0 bridgehead atoms. The van der Waals surface area contributed by atoms with Crippen molar-refractivity contribution in [2.24, 2.45) is 0 Å². The molecule has 1 amide bonds. The molecule has 0 aromatic carbocycles. The van der Waals surface area contributed by atoms with E-state index in [1.165, 1.54) is 18.5 Å². The summed E-state index contributed by atoms with van der Waals surface area (Å²) in [7, 11) is 0. The highest BCUT2D eigenvalue weighted by Gasteiger charge is 2.18. The van der Waals surface area contributed by atoms with Crippen molar-refractivity contribution in [1.82, 2.24) is 15.3 Å². The Morgan fingerprint density at radius 3 is 2.83 bits per heavy atom. The van der Waals surface area contributed by atoms with Gasteiger partial charge in [-0.25, -0.2) is 9.97 Å². The lowest BCUT2D eigenvalue weighted by molar-refractivity contribution is -0.384. The van der Waals surface area contributed by atoms with Gasteiger partial charge in [-0.1, -0.05) is 11.6 Å². The van der Waals surface area contributed by atoms with Crippen LogP contribution in [0, 0.1) is 10.1 Å². The minimum Gasteiger partial charge on any atom is -0.353 e. The number of carbonyl (C=O) groups excluding carboxylic acids is 1. The van der Waals surface area contributed by atoms with Gasteiger partial charge in [0.1, 0.15) is 5.82 Å². The van der Waals surface area contributed by atoms with E-state index in [0.717, 1.165) is 0 Å². The summed E-state index contributed by atoms with van der Waals surface area (Å²) in [6.45, 7) is 1.50. The number of amides is 1. The zero-order valence-corrected chi connectivity index (χ0v) is 13.2. The first-order valence-corrected chi connectivity index (χ1v) is 7.45. The summed E-state index contributed by atoms with van der Waals surface area (Å²) in [6.07, 6.45) is 2.85. The molecule has 1 aliphatic heterocycles. The van der Waals surface area contributed by atoms with Crippen LogP contribution in [-0.2, 0) is 4.79 Å². The van der Waals surface area contributed by atoms with Crippen LogP contribution in [0.3, 0.4) is 0 Å². The van der Waals surface area contributed by atoms with Crippen molar-refractivity contribution in [2.45, 2.75) is 0 Å². The zero-order chi connectivity index (χ0) is 17.1. The standard InChI is InChI=1S/C14H13ClN6O3/c15-9-5-11(21(23)24)14(18-6-9)19-10-1-2-12(17-7-10)20-4-3-16-13(22)8-20/h1-2,5-7H,3-4,8H2,(H,16,22)(H,18,19). The molecule has 9 nitrogen and oxygen atoms in total. The Hall–Kier alpha value is -2.94. The molecular weight excluding hydrogens is 336 g/mol. The van der Waals surface area contributed by atoms with E-state index in [4.69, 9.17) is 11.6 Å². The highest BCUT2D eigenvalue weighted by molar-refractivity contribution is 6.30. The zero-order valence-electron chi connectivity index (χ0n) is 12.4. The SMILES string of the molecule is O=C1CN(c2ccc(Nc3ncc(Cl)cc3[N+](=O)[O-])cn2)CCN1. The fourth-order valence-electron chi connectivity index (χ4n) is 2.28. The Labute approximate surface area is 141 Å². The van der Waals surface area contributed by atoms with E-state index < -0.39 is 4.92 Å². The monoisotopic (exact) mass is 348 g/mol. The number of hydrogen-bond acceptors (Lipinski definition) is 7. The summed E-state index contributed by atoms with van der Waals surface area (Å²) in [4.78, 5) is 32.0. The van der Waals surface area contributed by atoms with Crippen molar-refractivity contribution >= 4 is 40.5 Å². The van der Waals surface area contributed by atoms with E-state index in [-0.39, 0.29) is 29.0 Å². The fourth-order valence-corrected chi connectivity index (χ4v) is 2.43. The number of nitrogens with one attached hydrogen (secondary N) is 2. The number of aromatic nitrogens is 2. The number of nitro groups is 1. The summed E-state index contributed by atoms with van der Waals surface area (Å²) in [5, 5.41) is 16.8. The van der Waals surface area contributed by atoms with E-state index in [0.29, 0.717) is 24.6 Å². The summed E-state index contributed by atoms with van der Waals surface area (Å²) in [6, 6.07) is 4.68. The molecule has 1 fully saturated rings. The van der Waals surface area contributed by atoms with Crippen LogP contribution in [-0.4, -0.2) is 40.4 Å². The fraction of sp³-hybridized carbons (Fsp3) is 0.214. The number of anilines is 3. The maximum Gasteiger partial charge on any atom is 0.313 e. The second-order valence-corrected chi connectivity index (χ2v) is 5.52. The number of rotatable bonds is 4. The third kappa shape index (κ3) is 3.51. The number of hydrogen-bond donors (Lipinski definition) is 2. The summed E-state index contributed by atoms with van der Waals surface area (Å²) >= 11 is 5.74. The van der Waals surface area contributed by atoms with Gasteiger partial charge in [-0.2, -0.15) is 0 Å². The van der Waals surface area contributed by atoms with Gasteiger partial charge in [-0.05, 0) is 12.1 Å². The molecular formula is C14H13ClN6O3. The van der Waals surface area contributed by atoms with Crippen LogP contribution in [0.5, 0.6) is 0 Å². The van der Waals surface area contributed by atoms with Gasteiger partial charge in [0.25, 0.3) is 0 Å². The van der Waals surface area contributed by atoms with Crippen LogP contribution in [0.1, 0.15) is 0 Å². The van der Waals surface area contributed by atoms with Gasteiger partial charge < -0.3 is 15.5 Å². The first-order chi connectivity index (χ1) is 11.5. The Bertz CT molecular complexity index is 783. The molecule has 1 aliphatic rings. The van der Waals surface area contributed by atoms with Gasteiger partial charge >= 0.3 is 5.69 Å². The first-order valence-electron chi connectivity index (χ1n) is 7.07. The molecule has 3 rings (SSSR count). The van der Waals surface area contributed by atoms with Crippen molar-refractivity contribution in [3.63, 3.8) is 0 Å². The lowest BCUT2D eigenvalue weighted by Gasteiger charge is -2.27. The van der Waals surface area contributed by atoms with Crippen molar-refractivity contribution in [3.8, 4) is 0 Å². The molecule has 2 N–H and O–H groups in total. The van der Waals surface area contributed by atoms with Gasteiger partial charge in [0, 0.05) is 25.4 Å². The smallest absolute Gasteiger partial charge is 0.313 e. The van der Waals surface area contributed by atoms with Crippen LogP contribution in [0.25, 0.3) is 0 Å². The van der Waals surface area contributed by atoms with Gasteiger partial charge in [0.05, 0.1) is 28.4 Å². The van der Waals surface area contributed by atoms with Crippen LogP contribution in [0.2, 0.25) is 5.02 Å². The average Bonchev–Trinajstić information content (AvgIpc) is 2.57. The third-order valence-corrected chi connectivity index (χ3v) is 3.61. The number of piperazine rings is 1. The van der Waals surface area contributed by atoms with E-state index in [1.807, 2.05) is 4.90 Å². The van der Waals surface area contributed by atoms with Gasteiger partial charge in [0.15, 0.2) is 0 Å². The lowest BCUT2D eigenvalue weighted by atomic mass is 10.3. The van der Waals surface area contributed by atoms with Gasteiger partial charge in [-0.15, -0.1) is 0 Å². The Morgan fingerprint density at radius 2 is 2.17 bits per heavy atom. The summed E-state index contributed by atoms with van der Waals surface area (Å²) < 4.78 is 0. The molecule has 3 heterocycles. The highest BCUT2D eigenvalue weighted by Crippen LogP contribution is 2.28. The molecule has 124 valence electrons. The van der Waals surface area contributed by atoms with Crippen LogP contribution in [0.4, 0.5) is 23.0 Å². The number of carbonyl (C=O) groups is 1. The molecule has 2 aromatic rings. The average molecular weight is 349 g/mol. The lowest BCUT2D eigenvalue weighted by Crippen LogP contribution is -2.48. The van der Waals surface area contributed by atoms with Gasteiger partial charge in [0.2, 0.25) is 11.7 Å². The van der Waals surface area contributed by atoms with E-state index in [9.17, 15) is 14.9 Å². The molecule has 0 spiro atoms. The predicted molar refractivity (Wildman–Crippen MR) is 88.6 cm³/mol. The van der Waals surface area contributed by atoms with Crippen molar-refractivity contribution in [3.05, 3.63) is 45.7 Å². The molecule has 0 aliphatic carbocycles. The van der Waals surface area contributed by atoms with E-state index >= 15 is 0 Å². The van der Waals surface area contributed by atoms with Crippen LogP contribution < -0.4 is 15.5 Å². The molecule has 2 aromatic heterocycles. The Balaban J connectivity index is 1.77.